The minimum atomic E-state index is -4.51. The Labute approximate surface area is 191 Å². The van der Waals surface area contributed by atoms with E-state index in [1.54, 1.807) is 0 Å². The van der Waals surface area contributed by atoms with E-state index in [9.17, 15) is 18.0 Å². The Morgan fingerprint density at radius 2 is 1.88 bits per heavy atom. The summed E-state index contributed by atoms with van der Waals surface area (Å²) in [7, 11) is 0. The lowest BCUT2D eigenvalue weighted by molar-refractivity contribution is -0.141. The number of alkyl halides is 3. The first-order valence-electron chi connectivity index (χ1n) is 11.3. The highest BCUT2D eigenvalue weighted by molar-refractivity contribution is 5.41. The van der Waals surface area contributed by atoms with Crippen molar-refractivity contribution in [1.82, 2.24) is 24.8 Å². The van der Waals surface area contributed by atoms with Crippen molar-refractivity contribution in [3.05, 3.63) is 40.2 Å². The number of aromatic amines is 1. The maximum absolute atomic E-state index is 13.4. The quantitative estimate of drug-likeness (QED) is 0.604. The van der Waals surface area contributed by atoms with Gasteiger partial charge in [-0.25, -0.2) is 15.0 Å². The molecule has 0 spiro atoms. The van der Waals surface area contributed by atoms with Crippen LogP contribution in [0.2, 0.25) is 0 Å². The number of unbranched alkanes of at least 4 members (excludes halogenated alkanes) is 1. The Balaban J connectivity index is 1.53. The smallest absolute Gasteiger partial charge is 0.356 e. The van der Waals surface area contributed by atoms with Gasteiger partial charge in [0.2, 0.25) is 5.95 Å². The van der Waals surface area contributed by atoms with Crippen molar-refractivity contribution in [2.24, 2.45) is 0 Å². The number of nitrogens with zero attached hydrogens (tertiary/aromatic N) is 5. The number of rotatable bonds is 7. The molecule has 0 unspecified atom stereocenters. The standard InChI is InChI=1S/C22H32F3N7O/c1-21(2,3)19-28-16(22(23,24)25)15-17(29-19)32-12-6-11-31(13-14-32)10-5-4-8-26-20-27-9-7-18(33)30-20/h7,9,15H,4-6,8,10-14H2,1-3H3,(H2,26,27,30,33). The number of nitrogens with one attached hydrogen (secondary N) is 2. The van der Waals surface area contributed by atoms with Gasteiger partial charge in [-0.1, -0.05) is 20.8 Å². The van der Waals surface area contributed by atoms with Gasteiger partial charge >= 0.3 is 6.18 Å². The summed E-state index contributed by atoms with van der Waals surface area (Å²) in [6.07, 6.45) is -0.321. The summed E-state index contributed by atoms with van der Waals surface area (Å²) in [6.45, 7) is 9.97. The molecule has 0 aliphatic carbocycles. The van der Waals surface area contributed by atoms with Crippen LogP contribution in [0.3, 0.4) is 0 Å². The minimum Gasteiger partial charge on any atom is -0.356 e. The number of H-pyrrole nitrogens is 1. The van der Waals surface area contributed by atoms with E-state index in [2.05, 4.69) is 30.2 Å². The third-order valence-electron chi connectivity index (χ3n) is 5.45. The lowest BCUT2D eigenvalue weighted by Crippen LogP contribution is -2.33. The van der Waals surface area contributed by atoms with Crippen LogP contribution in [0.25, 0.3) is 0 Å². The molecule has 0 saturated carbocycles. The normalized spacial score (nSPS) is 16.0. The van der Waals surface area contributed by atoms with Gasteiger partial charge < -0.3 is 15.1 Å². The first-order valence-corrected chi connectivity index (χ1v) is 11.3. The van der Waals surface area contributed by atoms with E-state index in [0.29, 0.717) is 31.4 Å². The molecule has 0 aromatic carbocycles. The second-order valence-electron chi connectivity index (χ2n) is 9.28. The molecule has 33 heavy (non-hydrogen) atoms. The number of hydrogen-bond donors (Lipinski definition) is 2. The first-order chi connectivity index (χ1) is 15.5. The summed E-state index contributed by atoms with van der Waals surface area (Å²) in [5, 5.41) is 3.10. The van der Waals surface area contributed by atoms with Crippen LogP contribution in [0.5, 0.6) is 0 Å². The molecule has 2 aromatic heterocycles. The molecule has 182 valence electrons. The fraction of sp³-hybridized carbons (Fsp3) is 0.636. The van der Waals surface area contributed by atoms with Gasteiger partial charge in [-0.15, -0.1) is 0 Å². The highest BCUT2D eigenvalue weighted by atomic mass is 19.4. The van der Waals surface area contributed by atoms with Crippen LogP contribution in [0.4, 0.5) is 24.9 Å². The van der Waals surface area contributed by atoms with E-state index in [4.69, 9.17) is 0 Å². The Morgan fingerprint density at radius 3 is 2.58 bits per heavy atom. The average Bonchev–Trinajstić information content (AvgIpc) is 2.98. The highest BCUT2D eigenvalue weighted by Crippen LogP contribution is 2.32. The van der Waals surface area contributed by atoms with Gasteiger partial charge in [-0.3, -0.25) is 9.78 Å². The van der Waals surface area contributed by atoms with Gasteiger partial charge in [0, 0.05) is 49.9 Å². The second kappa shape index (κ2) is 10.5. The molecular formula is C22H32F3N7O. The molecule has 1 fully saturated rings. The lowest BCUT2D eigenvalue weighted by Gasteiger charge is -2.26. The summed E-state index contributed by atoms with van der Waals surface area (Å²) in [4.78, 5) is 30.5. The molecule has 0 atom stereocenters. The SMILES string of the molecule is CC(C)(C)c1nc(N2CCCN(CCCCNc3nccc(=O)[nH]3)CC2)cc(C(F)(F)F)n1. The lowest BCUT2D eigenvalue weighted by atomic mass is 9.95. The number of anilines is 2. The third kappa shape index (κ3) is 7.41. The van der Waals surface area contributed by atoms with Crippen LogP contribution in [0.1, 0.15) is 51.6 Å². The molecule has 2 N–H and O–H groups in total. The van der Waals surface area contributed by atoms with E-state index in [1.807, 2.05) is 25.7 Å². The average molecular weight is 468 g/mol. The minimum absolute atomic E-state index is 0.192. The van der Waals surface area contributed by atoms with Crippen molar-refractivity contribution >= 4 is 11.8 Å². The zero-order valence-electron chi connectivity index (χ0n) is 19.4. The zero-order chi connectivity index (χ0) is 24.1. The van der Waals surface area contributed by atoms with E-state index >= 15 is 0 Å². The van der Waals surface area contributed by atoms with Crippen LogP contribution in [-0.2, 0) is 11.6 Å². The van der Waals surface area contributed by atoms with Gasteiger partial charge in [0.05, 0.1) is 0 Å². The van der Waals surface area contributed by atoms with Crippen molar-refractivity contribution in [1.29, 1.82) is 0 Å². The number of hydrogen-bond acceptors (Lipinski definition) is 7. The molecule has 0 amide bonds. The molecule has 1 aliphatic rings. The molecule has 1 saturated heterocycles. The fourth-order valence-electron chi connectivity index (χ4n) is 3.63. The molecule has 11 heteroatoms. The van der Waals surface area contributed by atoms with Crippen molar-refractivity contribution in [2.75, 3.05) is 49.5 Å². The summed E-state index contributed by atoms with van der Waals surface area (Å²) in [5.74, 6) is 1.01. The molecule has 2 aromatic rings. The highest BCUT2D eigenvalue weighted by Gasteiger charge is 2.35. The molecule has 1 aliphatic heterocycles. The van der Waals surface area contributed by atoms with Crippen LogP contribution in [-0.4, -0.2) is 64.1 Å². The van der Waals surface area contributed by atoms with Crippen molar-refractivity contribution < 1.29 is 13.2 Å². The first kappa shape index (κ1) is 24.9. The summed E-state index contributed by atoms with van der Waals surface area (Å²) >= 11 is 0. The zero-order valence-corrected chi connectivity index (χ0v) is 19.4. The predicted octanol–water partition coefficient (Wildman–Crippen LogP) is 3.28. The van der Waals surface area contributed by atoms with Crippen molar-refractivity contribution in [3.8, 4) is 0 Å². The topological polar surface area (TPSA) is 90.0 Å². The van der Waals surface area contributed by atoms with Crippen LogP contribution >= 0.6 is 0 Å². The van der Waals surface area contributed by atoms with Gasteiger partial charge in [0.1, 0.15) is 17.3 Å². The van der Waals surface area contributed by atoms with Gasteiger partial charge in [-0.2, -0.15) is 13.2 Å². The summed E-state index contributed by atoms with van der Waals surface area (Å²) in [6, 6.07) is 2.43. The Morgan fingerprint density at radius 1 is 1.09 bits per heavy atom. The molecule has 0 radical (unpaired) electrons. The monoisotopic (exact) mass is 467 g/mol. The Kier molecular flexibility index (Phi) is 7.93. The predicted molar refractivity (Wildman–Crippen MR) is 122 cm³/mol. The van der Waals surface area contributed by atoms with Crippen molar-refractivity contribution in [2.45, 2.75) is 51.6 Å². The second-order valence-corrected chi connectivity index (χ2v) is 9.28. The maximum Gasteiger partial charge on any atom is 0.433 e. The molecular weight excluding hydrogens is 435 g/mol. The largest absolute Gasteiger partial charge is 0.433 e. The van der Waals surface area contributed by atoms with Crippen LogP contribution < -0.4 is 15.8 Å². The van der Waals surface area contributed by atoms with Gasteiger partial charge in [0.25, 0.3) is 5.56 Å². The van der Waals surface area contributed by atoms with Crippen LogP contribution in [0.15, 0.2) is 23.1 Å². The van der Waals surface area contributed by atoms with E-state index in [0.717, 1.165) is 45.0 Å². The third-order valence-corrected chi connectivity index (χ3v) is 5.45. The van der Waals surface area contributed by atoms with E-state index in [-0.39, 0.29) is 11.4 Å². The van der Waals surface area contributed by atoms with E-state index < -0.39 is 17.3 Å². The molecule has 8 nitrogen and oxygen atoms in total. The van der Waals surface area contributed by atoms with Crippen LogP contribution in [0, 0.1) is 0 Å². The number of aromatic nitrogens is 4. The molecule has 3 rings (SSSR count). The number of halogens is 3. The van der Waals surface area contributed by atoms with Gasteiger partial charge in [0.15, 0.2) is 0 Å². The Hall–Kier alpha value is -2.69. The Bertz CT molecular complexity index is 939. The molecule has 3 heterocycles. The van der Waals surface area contributed by atoms with Gasteiger partial charge in [-0.05, 0) is 32.4 Å². The maximum atomic E-state index is 13.4. The van der Waals surface area contributed by atoms with E-state index in [1.165, 1.54) is 12.3 Å². The fourth-order valence-corrected chi connectivity index (χ4v) is 3.63. The molecule has 0 bridgehead atoms. The summed E-state index contributed by atoms with van der Waals surface area (Å²) in [5.41, 5.74) is -1.66. The van der Waals surface area contributed by atoms with Crippen molar-refractivity contribution in [3.63, 3.8) is 0 Å². The summed E-state index contributed by atoms with van der Waals surface area (Å²) < 4.78 is 40.3.